The molecule has 35 heavy (non-hydrogen) atoms. The van der Waals surface area contributed by atoms with Gasteiger partial charge in [0.2, 0.25) is 0 Å². The van der Waals surface area contributed by atoms with Gasteiger partial charge in [0.15, 0.2) is 6.79 Å². The third-order valence-corrected chi connectivity index (χ3v) is 12.5. The van der Waals surface area contributed by atoms with Crippen molar-refractivity contribution in [3.8, 4) is 0 Å². The molecule has 10 unspecified atom stereocenters. The zero-order chi connectivity index (χ0) is 24.0. The Morgan fingerprint density at radius 2 is 1.60 bits per heavy atom. The van der Waals surface area contributed by atoms with Gasteiger partial charge in [-0.3, -0.25) is 4.79 Å². The molecule has 8 saturated carbocycles. The average Bonchev–Trinajstić information content (AvgIpc) is 3.56. The van der Waals surface area contributed by atoms with Gasteiger partial charge in [0, 0.05) is 6.42 Å². The summed E-state index contributed by atoms with van der Waals surface area (Å²) in [6, 6.07) is 0. The third-order valence-electron chi connectivity index (χ3n) is 12.5. The van der Waals surface area contributed by atoms with Crippen molar-refractivity contribution >= 4 is 5.97 Å². The molecular formula is C27H35F3O5. The lowest BCUT2D eigenvalue weighted by Gasteiger charge is -2.66. The second-order valence-electron chi connectivity index (χ2n) is 13.8. The van der Waals surface area contributed by atoms with Crippen LogP contribution in [0.15, 0.2) is 0 Å². The maximum absolute atomic E-state index is 13.7. The van der Waals surface area contributed by atoms with Gasteiger partial charge in [0.1, 0.15) is 5.60 Å². The first-order valence-corrected chi connectivity index (χ1v) is 13.9. The molecule has 1 saturated heterocycles. The monoisotopic (exact) mass is 496 g/mol. The maximum Gasteiger partial charge on any atom is 0.443 e. The van der Waals surface area contributed by atoms with Crippen molar-refractivity contribution in [3.63, 3.8) is 0 Å². The van der Waals surface area contributed by atoms with Crippen molar-refractivity contribution in [2.75, 3.05) is 6.79 Å². The van der Waals surface area contributed by atoms with Gasteiger partial charge >= 0.3 is 12.1 Å². The minimum absolute atomic E-state index is 0.0113. The van der Waals surface area contributed by atoms with Gasteiger partial charge in [-0.2, -0.15) is 13.2 Å². The molecule has 0 radical (unpaired) electrons. The van der Waals surface area contributed by atoms with Crippen LogP contribution in [0.5, 0.6) is 0 Å². The topological polar surface area (TPSA) is 65.0 Å². The lowest BCUT2D eigenvalue weighted by atomic mass is 9.47. The number of carbonyl (C=O) groups is 1. The fourth-order valence-corrected chi connectivity index (χ4v) is 11.7. The van der Waals surface area contributed by atoms with Crippen LogP contribution in [-0.2, 0) is 19.0 Å². The van der Waals surface area contributed by atoms with E-state index >= 15 is 0 Å². The Bertz CT molecular complexity index is 936. The van der Waals surface area contributed by atoms with Crippen LogP contribution in [0.25, 0.3) is 0 Å². The molecular weight excluding hydrogens is 461 g/mol. The minimum Gasteiger partial charge on any atom is -0.459 e. The molecule has 8 aliphatic carbocycles. The molecule has 8 bridgehead atoms. The summed E-state index contributed by atoms with van der Waals surface area (Å²) in [7, 11) is 0. The number of fused-ring (bicyclic) bond motifs is 9. The Hall–Kier alpha value is -0.860. The summed E-state index contributed by atoms with van der Waals surface area (Å²) in [6.45, 7) is -0.559. The fraction of sp³-hybridized carbons (Fsp3) is 0.963. The summed E-state index contributed by atoms with van der Waals surface area (Å²) < 4.78 is 58.2. The van der Waals surface area contributed by atoms with E-state index < -0.39 is 36.4 Å². The Kier molecular flexibility index (Phi) is 4.28. The predicted molar refractivity (Wildman–Crippen MR) is 115 cm³/mol. The largest absolute Gasteiger partial charge is 0.459 e. The minimum atomic E-state index is -4.87. The number of aliphatic hydroxyl groups is 1. The molecule has 194 valence electrons. The first-order valence-electron chi connectivity index (χ1n) is 13.9. The number of alkyl halides is 3. The normalized spacial score (nSPS) is 59.4. The maximum atomic E-state index is 13.7. The lowest BCUT2D eigenvalue weighted by Crippen LogP contribution is -2.70. The molecule has 1 N–H and O–H groups in total. The summed E-state index contributed by atoms with van der Waals surface area (Å²) in [6.07, 6.45) is 4.23. The van der Waals surface area contributed by atoms with Crippen molar-refractivity contribution in [2.24, 2.45) is 59.2 Å². The lowest BCUT2D eigenvalue weighted by molar-refractivity contribution is -0.444. The molecule has 1 heterocycles. The summed E-state index contributed by atoms with van der Waals surface area (Å²) in [4.78, 5) is 13.7. The molecule has 0 aromatic heterocycles. The smallest absolute Gasteiger partial charge is 0.443 e. The van der Waals surface area contributed by atoms with Gasteiger partial charge < -0.3 is 19.3 Å². The SMILES string of the molecule is O=C(OC12CC3CC(C1)C1(CC(O)(C(F)(F)F)OCO1)C(C3)C2)C1CC2CC1C1C3CCC(C3)C21. The van der Waals surface area contributed by atoms with Crippen LogP contribution in [0.2, 0.25) is 0 Å². The van der Waals surface area contributed by atoms with E-state index in [1.54, 1.807) is 0 Å². The van der Waals surface area contributed by atoms with Crippen LogP contribution >= 0.6 is 0 Å². The second kappa shape index (κ2) is 6.76. The van der Waals surface area contributed by atoms with E-state index in [9.17, 15) is 23.1 Å². The quantitative estimate of drug-likeness (QED) is 0.439. The van der Waals surface area contributed by atoms with Gasteiger partial charge in [-0.05, 0) is 117 Å². The predicted octanol–water partition coefficient (Wildman–Crippen LogP) is 4.81. The Balaban J connectivity index is 1.02. The number of esters is 1. The van der Waals surface area contributed by atoms with Gasteiger partial charge in [-0.1, -0.05) is 0 Å². The molecule has 5 nitrogen and oxygen atoms in total. The van der Waals surface area contributed by atoms with Crippen LogP contribution in [0.4, 0.5) is 13.2 Å². The molecule has 1 spiro atoms. The molecule has 0 amide bonds. The van der Waals surface area contributed by atoms with Crippen LogP contribution < -0.4 is 0 Å². The molecule has 8 heteroatoms. The zero-order valence-electron chi connectivity index (χ0n) is 20.0. The summed E-state index contributed by atoms with van der Waals surface area (Å²) in [5.41, 5.74) is -1.63. The van der Waals surface area contributed by atoms with Gasteiger partial charge in [-0.15, -0.1) is 0 Å². The number of rotatable bonds is 2. The molecule has 0 aromatic rings. The van der Waals surface area contributed by atoms with E-state index in [0.717, 1.165) is 49.4 Å². The van der Waals surface area contributed by atoms with Crippen LogP contribution in [0.1, 0.15) is 70.6 Å². The van der Waals surface area contributed by atoms with Gasteiger partial charge in [0.25, 0.3) is 5.79 Å². The summed E-state index contributed by atoms with van der Waals surface area (Å²) >= 11 is 0. The van der Waals surface area contributed by atoms with Crippen molar-refractivity contribution < 1.29 is 37.3 Å². The Morgan fingerprint density at radius 3 is 2.31 bits per heavy atom. The number of ether oxygens (including phenoxy) is 3. The zero-order valence-corrected chi connectivity index (χ0v) is 20.0. The molecule has 10 atom stereocenters. The van der Waals surface area contributed by atoms with Crippen LogP contribution in [0, 0.1) is 59.2 Å². The highest BCUT2D eigenvalue weighted by atomic mass is 19.4. The van der Waals surface area contributed by atoms with E-state index in [2.05, 4.69) is 0 Å². The molecule has 0 aromatic carbocycles. The van der Waals surface area contributed by atoms with Crippen molar-refractivity contribution in [2.45, 2.75) is 93.8 Å². The van der Waals surface area contributed by atoms with E-state index in [-0.39, 0.29) is 23.7 Å². The van der Waals surface area contributed by atoms with Crippen molar-refractivity contribution in [3.05, 3.63) is 0 Å². The fourth-order valence-electron chi connectivity index (χ4n) is 11.7. The standard InChI is InChI=1S/C27H35F3O5/c28-27(29,30)26(32)11-25(33-12-34-26)17-3-13-4-18(25)10-24(8-13,9-17)35-23(31)20-7-16-6-19(20)22-15-2-1-14(5-15)21(16)22/h13-22,32H,1-12H2. The highest BCUT2D eigenvalue weighted by molar-refractivity contribution is 5.74. The van der Waals surface area contributed by atoms with E-state index in [0.29, 0.717) is 30.6 Å². The van der Waals surface area contributed by atoms with Gasteiger partial charge in [0.05, 0.1) is 11.5 Å². The van der Waals surface area contributed by atoms with E-state index in [4.69, 9.17) is 14.2 Å². The number of hydrogen-bond donors (Lipinski definition) is 1. The molecule has 9 fully saturated rings. The Labute approximate surface area is 203 Å². The number of halogens is 3. The third kappa shape index (κ3) is 2.80. The Morgan fingerprint density at radius 1 is 0.886 bits per heavy atom. The number of carbonyl (C=O) groups excluding carboxylic acids is 1. The van der Waals surface area contributed by atoms with Crippen molar-refractivity contribution in [1.82, 2.24) is 0 Å². The van der Waals surface area contributed by atoms with E-state index in [1.807, 2.05) is 0 Å². The average molecular weight is 497 g/mol. The van der Waals surface area contributed by atoms with E-state index in [1.165, 1.54) is 25.7 Å². The summed E-state index contributed by atoms with van der Waals surface area (Å²) in [5, 5.41) is 10.4. The highest BCUT2D eigenvalue weighted by Gasteiger charge is 2.71. The first-order chi connectivity index (χ1) is 16.6. The highest BCUT2D eigenvalue weighted by Crippen LogP contribution is 2.70. The molecule has 9 aliphatic rings. The van der Waals surface area contributed by atoms with Crippen molar-refractivity contribution in [1.29, 1.82) is 0 Å². The van der Waals surface area contributed by atoms with Crippen LogP contribution in [0.3, 0.4) is 0 Å². The van der Waals surface area contributed by atoms with Gasteiger partial charge in [-0.25, -0.2) is 0 Å². The molecule has 9 rings (SSSR count). The van der Waals surface area contributed by atoms with Crippen LogP contribution in [-0.4, -0.2) is 41.0 Å². The number of hydrogen-bond acceptors (Lipinski definition) is 5. The molecule has 1 aliphatic heterocycles. The summed E-state index contributed by atoms with van der Waals surface area (Å²) in [5.74, 6) is 1.27. The first kappa shape index (κ1) is 22.2. The second-order valence-corrected chi connectivity index (χ2v) is 13.8.